The molecule has 204 valence electrons. The van der Waals surface area contributed by atoms with Crippen LogP contribution in [0.15, 0.2) is 42.9 Å². The fourth-order valence-corrected chi connectivity index (χ4v) is 5.73. The first-order valence-corrected chi connectivity index (χ1v) is 13.1. The van der Waals surface area contributed by atoms with Crippen LogP contribution in [0.4, 0.5) is 21.7 Å². The van der Waals surface area contributed by atoms with Gasteiger partial charge >= 0.3 is 0 Å². The minimum Gasteiger partial charge on any atom is -0.478 e. The molecular formula is C27H32FN9O2. The molecule has 2 fully saturated rings. The molecule has 3 atom stereocenters. The predicted octanol–water partition coefficient (Wildman–Crippen LogP) is 3.17. The van der Waals surface area contributed by atoms with Crippen molar-refractivity contribution in [2.24, 2.45) is 7.05 Å². The van der Waals surface area contributed by atoms with Gasteiger partial charge in [-0.05, 0) is 32.1 Å². The van der Waals surface area contributed by atoms with Crippen LogP contribution in [-0.4, -0.2) is 92.5 Å². The fraction of sp³-hybridized carbons (Fsp3) is 0.407. The zero-order valence-electron chi connectivity index (χ0n) is 22.2. The van der Waals surface area contributed by atoms with Gasteiger partial charge in [0.25, 0.3) is 5.88 Å². The van der Waals surface area contributed by atoms with E-state index in [1.807, 2.05) is 30.5 Å². The Hall–Kier alpha value is -4.03. The fourth-order valence-electron chi connectivity index (χ4n) is 5.73. The number of ether oxygens (including phenoxy) is 1. The van der Waals surface area contributed by atoms with E-state index in [2.05, 4.69) is 42.5 Å². The summed E-state index contributed by atoms with van der Waals surface area (Å²) in [5.74, 6) is 0.670. The van der Waals surface area contributed by atoms with Crippen molar-refractivity contribution < 1.29 is 13.9 Å². The summed E-state index contributed by atoms with van der Waals surface area (Å²) in [7, 11) is 5.43. The van der Waals surface area contributed by atoms with E-state index < -0.39 is 12.2 Å². The number of likely N-dealkylation sites (N-methyl/N-ethyl adjacent to an activating group) is 1. The molecule has 39 heavy (non-hydrogen) atoms. The Morgan fingerprint density at radius 2 is 2.08 bits per heavy atom. The van der Waals surface area contributed by atoms with Crippen LogP contribution in [0.25, 0.3) is 22.2 Å². The Labute approximate surface area is 225 Å². The number of carbonyl (C=O) groups excluding carboxylic acids is 1. The Balaban J connectivity index is 1.24. The number of hydrogen-bond donors (Lipinski definition) is 3. The van der Waals surface area contributed by atoms with Gasteiger partial charge in [0.05, 0.1) is 36.2 Å². The number of benzene rings is 1. The lowest BCUT2D eigenvalue weighted by atomic mass is 10.1. The molecule has 12 heteroatoms. The molecule has 5 heterocycles. The van der Waals surface area contributed by atoms with Crippen molar-refractivity contribution in [3.8, 4) is 17.1 Å². The summed E-state index contributed by atoms with van der Waals surface area (Å²) in [5, 5.41) is 11.4. The lowest BCUT2D eigenvalue weighted by Gasteiger charge is -2.29. The third-order valence-corrected chi connectivity index (χ3v) is 7.57. The van der Waals surface area contributed by atoms with E-state index in [9.17, 15) is 9.18 Å². The van der Waals surface area contributed by atoms with E-state index in [0.717, 1.165) is 36.0 Å². The summed E-state index contributed by atoms with van der Waals surface area (Å²) < 4.78 is 21.4. The average Bonchev–Trinajstić information content (AvgIpc) is 3.70. The zero-order valence-corrected chi connectivity index (χ0v) is 22.2. The first-order chi connectivity index (χ1) is 18.9. The van der Waals surface area contributed by atoms with Crippen LogP contribution in [0, 0.1) is 0 Å². The Morgan fingerprint density at radius 3 is 2.87 bits per heavy atom. The van der Waals surface area contributed by atoms with Crippen LogP contribution in [-0.2, 0) is 11.8 Å². The summed E-state index contributed by atoms with van der Waals surface area (Å²) in [6.45, 7) is 2.13. The summed E-state index contributed by atoms with van der Waals surface area (Å²) >= 11 is 0. The number of anilines is 3. The molecule has 3 N–H and O–H groups in total. The van der Waals surface area contributed by atoms with Crippen molar-refractivity contribution in [3.63, 3.8) is 0 Å². The summed E-state index contributed by atoms with van der Waals surface area (Å²) in [5.41, 5.74) is 3.66. The summed E-state index contributed by atoms with van der Waals surface area (Å²) in [6, 6.07) is 7.28. The van der Waals surface area contributed by atoms with E-state index >= 15 is 0 Å². The van der Waals surface area contributed by atoms with Crippen molar-refractivity contribution in [1.29, 1.82) is 0 Å². The molecule has 0 spiro atoms. The molecule has 0 aliphatic carbocycles. The minimum atomic E-state index is -0.994. The number of para-hydroxylation sites is 1. The van der Waals surface area contributed by atoms with Gasteiger partial charge in [-0.25, -0.2) is 14.4 Å². The van der Waals surface area contributed by atoms with Crippen molar-refractivity contribution in [2.45, 2.75) is 31.1 Å². The molecule has 0 saturated carbocycles. The van der Waals surface area contributed by atoms with Crippen LogP contribution in [0.3, 0.4) is 0 Å². The van der Waals surface area contributed by atoms with E-state index in [1.165, 1.54) is 0 Å². The van der Waals surface area contributed by atoms with Crippen LogP contribution in [0.5, 0.6) is 5.88 Å². The molecule has 0 radical (unpaired) electrons. The van der Waals surface area contributed by atoms with Crippen LogP contribution < -0.4 is 15.4 Å². The van der Waals surface area contributed by atoms with E-state index in [0.29, 0.717) is 35.4 Å². The van der Waals surface area contributed by atoms with Crippen LogP contribution >= 0.6 is 0 Å². The highest BCUT2D eigenvalue weighted by Gasteiger charge is 2.42. The molecule has 1 aromatic carbocycles. The topological polar surface area (TPSA) is 116 Å². The second-order valence-electron chi connectivity index (χ2n) is 10.3. The lowest BCUT2D eigenvalue weighted by Crippen LogP contribution is -2.46. The number of methoxy groups -OCH3 is 1. The minimum absolute atomic E-state index is 0.174. The second-order valence-corrected chi connectivity index (χ2v) is 10.3. The number of nitrogens with one attached hydrogen (secondary N) is 3. The molecule has 1 amide bonds. The molecule has 2 aliphatic heterocycles. The van der Waals surface area contributed by atoms with Gasteiger partial charge < -0.3 is 25.3 Å². The standard InChI is InChI=1S/C27H32FN9O2/c1-35-10-8-17(14-35)37-13-16(28)11-23(37)25(38)31-21-6-4-5-18-19(12-30-24(18)21)20-7-9-29-27(32-20)33-22-15-36(2)34-26(22)39-3/h4-7,9,12,15-17,23,30H,8,10-11,13-14H2,1-3H3,(H,31,38)(H,29,32,33). The maximum Gasteiger partial charge on any atom is 0.256 e. The van der Waals surface area contributed by atoms with Gasteiger partial charge in [0.1, 0.15) is 11.9 Å². The largest absolute Gasteiger partial charge is 0.478 e. The number of fused-ring (bicyclic) bond motifs is 1. The normalized spacial score (nSPS) is 22.0. The molecule has 0 bridgehead atoms. The molecule has 3 unspecified atom stereocenters. The number of halogens is 1. The van der Waals surface area contributed by atoms with Gasteiger partial charge in [-0.3, -0.25) is 14.4 Å². The van der Waals surface area contributed by atoms with E-state index in [-0.39, 0.29) is 18.4 Å². The number of alkyl halides is 1. The second kappa shape index (κ2) is 10.3. The van der Waals surface area contributed by atoms with Crippen molar-refractivity contribution in [3.05, 3.63) is 42.9 Å². The van der Waals surface area contributed by atoms with Gasteiger partial charge in [-0.1, -0.05) is 12.1 Å². The quantitative estimate of drug-likeness (QED) is 0.332. The molecule has 2 aliphatic rings. The molecule has 11 nitrogen and oxygen atoms in total. The summed E-state index contributed by atoms with van der Waals surface area (Å²) in [6.07, 6.45) is 5.51. The Bertz CT molecular complexity index is 1500. The smallest absolute Gasteiger partial charge is 0.256 e. The number of carbonyl (C=O) groups is 1. The third kappa shape index (κ3) is 4.92. The summed E-state index contributed by atoms with van der Waals surface area (Å²) in [4.78, 5) is 30.0. The van der Waals surface area contributed by atoms with Gasteiger partial charge in [0.2, 0.25) is 11.9 Å². The number of likely N-dealkylation sites (tertiary alicyclic amines) is 2. The predicted molar refractivity (Wildman–Crippen MR) is 147 cm³/mol. The number of H-pyrrole nitrogens is 1. The van der Waals surface area contributed by atoms with Crippen molar-refractivity contribution in [2.75, 3.05) is 44.4 Å². The molecule has 3 aromatic heterocycles. The van der Waals surface area contributed by atoms with Crippen LogP contribution in [0.1, 0.15) is 12.8 Å². The highest BCUT2D eigenvalue weighted by molar-refractivity contribution is 6.06. The van der Waals surface area contributed by atoms with Crippen LogP contribution in [0.2, 0.25) is 0 Å². The average molecular weight is 534 g/mol. The Morgan fingerprint density at radius 1 is 1.21 bits per heavy atom. The maximum atomic E-state index is 14.5. The Kier molecular flexibility index (Phi) is 6.65. The number of amides is 1. The van der Waals surface area contributed by atoms with E-state index in [4.69, 9.17) is 9.72 Å². The van der Waals surface area contributed by atoms with E-state index in [1.54, 1.807) is 31.2 Å². The highest BCUT2D eigenvalue weighted by atomic mass is 19.1. The number of rotatable bonds is 7. The number of hydrogen-bond acceptors (Lipinski definition) is 8. The highest BCUT2D eigenvalue weighted by Crippen LogP contribution is 2.34. The molecule has 6 rings (SSSR count). The maximum absolute atomic E-state index is 14.5. The number of aromatic amines is 1. The monoisotopic (exact) mass is 533 g/mol. The van der Waals surface area contributed by atoms with Gasteiger partial charge in [-0.2, -0.15) is 0 Å². The van der Waals surface area contributed by atoms with Gasteiger partial charge in [0.15, 0.2) is 0 Å². The SMILES string of the molecule is COc1nn(C)cc1Nc1nccc(-c2c[nH]c3c(NC(=O)C4CC(F)CN4C4CCN(C)C4)cccc23)n1. The molecule has 2 saturated heterocycles. The van der Waals surface area contributed by atoms with Gasteiger partial charge in [0, 0.05) is 55.9 Å². The number of aromatic nitrogens is 5. The molecular weight excluding hydrogens is 501 g/mol. The first-order valence-electron chi connectivity index (χ1n) is 13.1. The van der Waals surface area contributed by atoms with Crippen molar-refractivity contribution in [1.82, 2.24) is 34.5 Å². The van der Waals surface area contributed by atoms with Gasteiger partial charge in [-0.15, -0.1) is 5.10 Å². The third-order valence-electron chi connectivity index (χ3n) is 7.57. The lowest BCUT2D eigenvalue weighted by molar-refractivity contribution is -0.121. The number of aryl methyl sites for hydroxylation is 1. The first kappa shape index (κ1) is 25.3. The zero-order chi connectivity index (χ0) is 27.1. The van der Waals surface area contributed by atoms with Crippen molar-refractivity contribution >= 4 is 34.1 Å². The number of nitrogens with zero attached hydrogens (tertiary/aromatic N) is 6. The molecule has 4 aromatic rings.